The van der Waals surface area contributed by atoms with E-state index in [1.807, 2.05) is 18.2 Å². The van der Waals surface area contributed by atoms with E-state index in [4.69, 9.17) is 4.74 Å². The molecule has 25 heavy (non-hydrogen) atoms. The Kier molecular flexibility index (Phi) is 6.12. The van der Waals surface area contributed by atoms with Crippen molar-refractivity contribution in [3.05, 3.63) is 35.5 Å². The van der Waals surface area contributed by atoms with Crippen molar-refractivity contribution >= 4 is 17.2 Å². The van der Waals surface area contributed by atoms with E-state index in [1.165, 1.54) is 11.3 Å². The van der Waals surface area contributed by atoms with E-state index in [0.29, 0.717) is 23.4 Å². The largest absolute Gasteiger partial charge is 0.379 e. The molecule has 0 spiro atoms. The molecule has 1 N–H and O–H groups in total. The normalized spacial score (nSPS) is 16.8. The zero-order valence-corrected chi connectivity index (χ0v) is 15.5. The van der Waals surface area contributed by atoms with Crippen LogP contribution in [0.1, 0.15) is 23.5 Å². The Bertz CT molecular complexity index is 683. The molecule has 7 heteroatoms. The van der Waals surface area contributed by atoms with Crippen LogP contribution in [0.25, 0.3) is 10.7 Å². The van der Waals surface area contributed by atoms with Gasteiger partial charge in [0.2, 0.25) is 0 Å². The molecule has 1 amide bonds. The zero-order chi connectivity index (χ0) is 17.6. The molecule has 1 fully saturated rings. The van der Waals surface area contributed by atoms with Gasteiger partial charge in [-0.2, -0.15) is 0 Å². The molecule has 3 rings (SSSR count). The van der Waals surface area contributed by atoms with Gasteiger partial charge in [-0.05, 0) is 18.1 Å². The van der Waals surface area contributed by atoms with E-state index in [0.717, 1.165) is 37.0 Å². The summed E-state index contributed by atoms with van der Waals surface area (Å²) in [4.78, 5) is 24.1. The van der Waals surface area contributed by atoms with E-state index in [1.54, 1.807) is 12.4 Å². The summed E-state index contributed by atoms with van der Waals surface area (Å²) in [5.41, 5.74) is 0.792. The molecule has 134 valence electrons. The second-order valence-electron chi connectivity index (χ2n) is 6.41. The Balaban J connectivity index is 1.60. The van der Waals surface area contributed by atoms with Gasteiger partial charge in [-0.25, -0.2) is 4.98 Å². The molecule has 0 bridgehead atoms. The molecule has 6 nitrogen and oxygen atoms in total. The SMILES string of the molecule is CC(C)C(CNC(=O)c1cnc(-c2ccccn2)s1)N1CCOCC1. The minimum Gasteiger partial charge on any atom is -0.379 e. The highest BCUT2D eigenvalue weighted by Crippen LogP contribution is 2.23. The molecule has 1 aliphatic heterocycles. The number of rotatable bonds is 6. The molecule has 0 aromatic carbocycles. The van der Waals surface area contributed by atoms with Gasteiger partial charge in [-0.15, -0.1) is 11.3 Å². The second kappa shape index (κ2) is 8.51. The molecular formula is C18H24N4O2S. The van der Waals surface area contributed by atoms with E-state index in [-0.39, 0.29) is 5.91 Å². The van der Waals surface area contributed by atoms with Crippen LogP contribution in [-0.2, 0) is 4.74 Å². The van der Waals surface area contributed by atoms with E-state index in [2.05, 4.69) is 34.0 Å². The van der Waals surface area contributed by atoms with Crippen molar-refractivity contribution in [3.8, 4) is 10.7 Å². The maximum absolute atomic E-state index is 12.5. The van der Waals surface area contributed by atoms with Crippen LogP contribution in [0, 0.1) is 5.92 Å². The molecule has 2 aromatic heterocycles. The van der Waals surface area contributed by atoms with Crippen LogP contribution in [0.4, 0.5) is 0 Å². The molecule has 3 heterocycles. The Morgan fingerprint density at radius 3 is 2.80 bits per heavy atom. The van der Waals surface area contributed by atoms with Crippen molar-refractivity contribution in [1.29, 1.82) is 0 Å². The lowest BCUT2D eigenvalue weighted by atomic mass is 10.0. The van der Waals surface area contributed by atoms with Gasteiger partial charge in [0.05, 0.1) is 25.1 Å². The first-order valence-corrected chi connectivity index (χ1v) is 9.44. The first-order valence-electron chi connectivity index (χ1n) is 8.62. The highest BCUT2D eigenvalue weighted by atomic mass is 32.1. The summed E-state index contributed by atoms with van der Waals surface area (Å²) in [6.45, 7) is 8.38. The van der Waals surface area contributed by atoms with Gasteiger partial charge in [-0.3, -0.25) is 14.7 Å². The standard InChI is InChI=1S/C18H24N4O2S/c1-13(2)15(22-7-9-24-10-8-22)11-20-17(23)16-12-21-18(25-16)14-5-3-4-6-19-14/h3-6,12-13,15H,7-11H2,1-2H3,(H,20,23). The fourth-order valence-corrected chi connectivity index (χ4v) is 3.78. The summed E-state index contributed by atoms with van der Waals surface area (Å²) >= 11 is 1.37. The molecular weight excluding hydrogens is 336 g/mol. The topological polar surface area (TPSA) is 67.4 Å². The number of nitrogens with one attached hydrogen (secondary N) is 1. The number of amides is 1. The van der Waals surface area contributed by atoms with Crippen LogP contribution in [0.3, 0.4) is 0 Å². The minimum absolute atomic E-state index is 0.0707. The van der Waals surface area contributed by atoms with Crippen LogP contribution in [-0.4, -0.2) is 59.7 Å². The van der Waals surface area contributed by atoms with E-state index >= 15 is 0 Å². The van der Waals surface area contributed by atoms with Crippen molar-refractivity contribution in [2.24, 2.45) is 5.92 Å². The summed E-state index contributed by atoms with van der Waals surface area (Å²) in [7, 11) is 0. The molecule has 1 saturated heterocycles. The van der Waals surface area contributed by atoms with Gasteiger partial charge in [0, 0.05) is 31.9 Å². The number of hydrogen-bond donors (Lipinski definition) is 1. The number of hydrogen-bond acceptors (Lipinski definition) is 6. The van der Waals surface area contributed by atoms with Crippen LogP contribution in [0.5, 0.6) is 0 Å². The highest BCUT2D eigenvalue weighted by Gasteiger charge is 2.24. The number of pyridine rings is 1. The number of morpholine rings is 1. The van der Waals surface area contributed by atoms with E-state index < -0.39 is 0 Å². The number of nitrogens with zero attached hydrogens (tertiary/aromatic N) is 3. The first-order chi connectivity index (χ1) is 12.1. The molecule has 0 aliphatic carbocycles. The molecule has 1 atom stereocenters. The number of carbonyl (C=O) groups excluding carboxylic acids is 1. The van der Waals surface area contributed by atoms with Crippen LogP contribution in [0.2, 0.25) is 0 Å². The zero-order valence-electron chi connectivity index (χ0n) is 14.6. The molecule has 0 radical (unpaired) electrons. The Morgan fingerprint density at radius 1 is 1.32 bits per heavy atom. The Morgan fingerprint density at radius 2 is 2.12 bits per heavy atom. The lowest BCUT2D eigenvalue weighted by molar-refractivity contribution is 0.00674. The third-order valence-electron chi connectivity index (χ3n) is 4.37. The molecule has 1 aliphatic rings. The number of ether oxygens (including phenoxy) is 1. The summed E-state index contributed by atoms with van der Waals surface area (Å²) < 4.78 is 5.43. The Labute approximate surface area is 152 Å². The smallest absolute Gasteiger partial charge is 0.263 e. The second-order valence-corrected chi connectivity index (χ2v) is 7.45. The Hall–Kier alpha value is -1.83. The van der Waals surface area contributed by atoms with Crippen molar-refractivity contribution in [2.75, 3.05) is 32.8 Å². The molecule has 1 unspecified atom stereocenters. The fraction of sp³-hybridized carbons (Fsp3) is 0.500. The van der Waals surface area contributed by atoms with Crippen molar-refractivity contribution in [2.45, 2.75) is 19.9 Å². The van der Waals surface area contributed by atoms with Gasteiger partial charge in [0.15, 0.2) is 0 Å². The predicted molar refractivity (Wildman–Crippen MR) is 98.7 cm³/mol. The lowest BCUT2D eigenvalue weighted by Gasteiger charge is -2.36. The average molecular weight is 360 g/mol. The predicted octanol–water partition coefficient (Wildman–Crippen LogP) is 2.29. The van der Waals surface area contributed by atoms with Crippen molar-refractivity contribution < 1.29 is 9.53 Å². The summed E-state index contributed by atoms with van der Waals surface area (Å²) in [6, 6.07) is 5.99. The van der Waals surface area contributed by atoms with Crippen LogP contribution >= 0.6 is 11.3 Å². The van der Waals surface area contributed by atoms with Crippen molar-refractivity contribution in [3.63, 3.8) is 0 Å². The summed E-state index contributed by atoms with van der Waals surface area (Å²) in [6.07, 6.45) is 3.36. The van der Waals surface area contributed by atoms with Gasteiger partial charge < -0.3 is 10.1 Å². The van der Waals surface area contributed by atoms with Crippen LogP contribution < -0.4 is 5.32 Å². The third-order valence-corrected chi connectivity index (χ3v) is 5.39. The lowest BCUT2D eigenvalue weighted by Crippen LogP contribution is -2.51. The minimum atomic E-state index is -0.0707. The number of carbonyl (C=O) groups is 1. The van der Waals surface area contributed by atoms with Gasteiger partial charge in [-0.1, -0.05) is 19.9 Å². The van der Waals surface area contributed by atoms with Gasteiger partial charge in [0.25, 0.3) is 5.91 Å². The maximum atomic E-state index is 12.5. The highest BCUT2D eigenvalue weighted by molar-refractivity contribution is 7.16. The number of thiazole rings is 1. The molecule has 0 saturated carbocycles. The third kappa shape index (κ3) is 4.62. The molecule has 2 aromatic rings. The van der Waals surface area contributed by atoms with Crippen LogP contribution in [0.15, 0.2) is 30.6 Å². The van der Waals surface area contributed by atoms with Gasteiger partial charge in [0.1, 0.15) is 9.88 Å². The average Bonchev–Trinajstić information content (AvgIpc) is 3.13. The summed E-state index contributed by atoms with van der Waals surface area (Å²) in [5, 5.41) is 3.83. The fourth-order valence-electron chi connectivity index (χ4n) is 2.97. The monoisotopic (exact) mass is 360 g/mol. The maximum Gasteiger partial charge on any atom is 0.263 e. The quantitative estimate of drug-likeness (QED) is 0.856. The first kappa shape index (κ1) is 18.0. The summed E-state index contributed by atoms with van der Waals surface area (Å²) in [5.74, 6) is 0.391. The van der Waals surface area contributed by atoms with Gasteiger partial charge >= 0.3 is 0 Å². The number of aromatic nitrogens is 2. The van der Waals surface area contributed by atoms with Crippen molar-refractivity contribution in [1.82, 2.24) is 20.2 Å². The van der Waals surface area contributed by atoms with E-state index in [9.17, 15) is 4.79 Å².